The van der Waals surface area contributed by atoms with Crippen molar-refractivity contribution in [3.8, 4) is 0 Å². The third kappa shape index (κ3) is 0.707. The first-order valence-corrected chi connectivity index (χ1v) is 1.72. The van der Waals surface area contributed by atoms with Gasteiger partial charge in [0.2, 0.25) is 0 Å². The normalized spacial score (nSPS) is 15.9. The lowest BCUT2D eigenvalue weighted by Crippen LogP contribution is -1.74. The summed E-state index contributed by atoms with van der Waals surface area (Å²) >= 11 is 0. The van der Waals surface area contributed by atoms with Crippen LogP contribution in [0.3, 0.4) is 0 Å². The van der Waals surface area contributed by atoms with Gasteiger partial charge in [-0.15, -0.1) is 0 Å². The standard InChI is InChI=1S/C4H3FO2/c5-3-4-6-1-2-7-4/h1-3H. The maximum atomic E-state index is 11.2. The Kier molecular flexibility index (Phi) is 0.978. The molecule has 0 saturated heterocycles. The largest absolute Gasteiger partial charge is 0.429 e. The summed E-state index contributed by atoms with van der Waals surface area (Å²) in [6, 6.07) is 0. The molecule has 7 heavy (non-hydrogen) atoms. The molecular weight excluding hydrogens is 99.0 g/mol. The molecule has 0 aromatic carbocycles. The minimum Gasteiger partial charge on any atom is -0.429 e. The zero-order chi connectivity index (χ0) is 5.11. The third-order valence-corrected chi connectivity index (χ3v) is 0.513. The summed E-state index contributed by atoms with van der Waals surface area (Å²) < 4.78 is 20.0. The van der Waals surface area contributed by atoms with Gasteiger partial charge in [0.1, 0.15) is 12.5 Å². The molecular formula is C4H3FO2. The summed E-state index contributed by atoms with van der Waals surface area (Å²) in [7, 11) is 0. The van der Waals surface area contributed by atoms with Crippen LogP contribution in [0.1, 0.15) is 0 Å². The Morgan fingerprint density at radius 3 is 2.29 bits per heavy atom. The highest BCUT2D eigenvalue weighted by Gasteiger charge is 1.99. The van der Waals surface area contributed by atoms with Gasteiger partial charge in [0.15, 0.2) is 6.33 Å². The Balaban J connectivity index is 2.51. The van der Waals surface area contributed by atoms with Gasteiger partial charge in [-0.2, -0.15) is 0 Å². The molecule has 0 unspecified atom stereocenters. The van der Waals surface area contributed by atoms with E-state index >= 15 is 0 Å². The lowest BCUT2D eigenvalue weighted by Gasteiger charge is -1.88. The smallest absolute Gasteiger partial charge is 0.318 e. The van der Waals surface area contributed by atoms with Crippen LogP contribution in [0.4, 0.5) is 4.39 Å². The molecule has 0 amide bonds. The minimum absolute atomic E-state index is 0.111. The molecule has 1 heterocycles. The maximum Gasteiger partial charge on any atom is 0.318 e. The molecule has 0 atom stereocenters. The first-order valence-electron chi connectivity index (χ1n) is 1.72. The van der Waals surface area contributed by atoms with Gasteiger partial charge in [0, 0.05) is 0 Å². The number of ether oxygens (including phenoxy) is 2. The van der Waals surface area contributed by atoms with Crippen LogP contribution in [0.5, 0.6) is 0 Å². The molecule has 0 bridgehead atoms. The molecule has 38 valence electrons. The van der Waals surface area contributed by atoms with E-state index in [9.17, 15) is 4.39 Å². The highest BCUT2D eigenvalue weighted by Crippen LogP contribution is 2.07. The quantitative estimate of drug-likeness (QED) is 0.458. The Labute approximate surface area is 39.8 Å². The maximum absolute atomic E-state index is 11.2. The molecule has 0 radical (unpaired) electrons. The molecule has 2 nitrogen and oxygen atoms in total. The van der Waals surface area contributed by atoms with E-state index in [0.717, 1.165) is 0 Å². The van der Waals surface area contributed by atoms with Crippen molar-refractivity contribution < 1.29 is 13.9 Å². The minimum atomic E-state index is -0.111. The van der Waals surface area contributed by atoms with Crippen LogP contribution >= 0.6 is 0 Å². The second kappa shape index (κ2) is 1.64. The van der Waals surface area contributed by atoms with Crippen LogP contribution in [-0.4, -0.2) is 0 Å². The van der Waals surface area contributed by atoms with E-state index in [-0.39, 0.29) is 12.3 Å². The Bertz CT molecular complexity index is 107. The molecule has 0 aliphatic carbocycles. The van der Waals surface area contributed by atoms with E-state index in [1.54, 1.807) is 0 Å². The number of rotatable bonds is 0. The van der Waals surface area contributed by atoms with E-state index < -0.39 is 0 Å². The fourth-order valence-corrected chi connectivity index (χ4v) is 0.269. The molecule has 1 aliphatic heterocycles. The van der Waals surface area contributed by atoms with Crippen molar-refractivity contribution in [2.24, 2.45) is 0 Å². The van der Waals surface area contributed by atoms with Crippen LogP contribution in [0.2, 0.25) is 0 Å². The van der Waals surface area contributed by atoms with Crippen molar-refractivity contribution in [1.29, 1.82) is 0 Å². The molecule has 1 aliphatic rings. The summed E-state index contributed by atoms with van der Waals surface area (Å²) in [5.74, 6) is -0.111. The van der Waals surface area contributed by atoms with Crippen LogP contribution in [0.25, 0.3) is 0 Å². The molecule has 0 aromatic heterocycles. The predicted octanol–water partition coefficient (Wildman–Crippen LogP) is 1.27. The van der Waals surface area contributed by atoms with Crippen molar-refractivity contribution >= 4 is 0 Å². The molecule has 3 heteroatoms. The van der Waals surface area contributed by atoms with E-state index in [4.69, 9.17) is 0 Å². The van der Waals surface area contributed by atoms with Gasteiger partial charge in [0.25, 0.3) is 0 Å². The Morgan fingerprint density at radius 1 is 1.43 bits per heavy atom. The SMILES string of the molecule is FC=C1OC=CO1. The highest BCUT2D eigenvalue weighted by molar-refractivity contribution is 4.87. The summed E-state index contributed by atoms with van der Waals surface area (Å²) in [6.07, 6.45) is 2.76. The predicted molar refractivity (Wildman–Crippen MR) is 20.5 cm³/mol. The average Bonchev–Trinajstić information content (AvgIpc) is 2.14. The summed E-state index contributed by atoms with van der Waals surface area (Å²) in [5.41, 5.74) is 0. The molecule has 0 N–H and O–H groups in total. The highest BCUT2D eigenvalue weighted by atomic mass is 19.1. The van der Waals surface area contributed by atoms with Gasteiger partial charge in [-0.3, -0.25) is 0 Å². The van der Waals surface area contributed by atoms with Crippen molar-refractivity contribution in [2.45, 2.75) is 0 Å². The fraction of sp³-hybridized carbons (Fsp3) is 0. The first kappa shape index (κ1) is 4.18. The number of hydrogen-bond acceptors (Lipinski definition) is 2. The third-order valence-electron chi connectivity index (χ3n) is 0.513. The van der Waals surface area contributed by atoms with Crippen molar-refractivity contribution in [2.75, 3.05) is 0 Å². The lowest BCUT2D eigenvalue weighted by molar-refractivity contribution is 0.192. The van der Waals surface area contributed by atoms with E-state index in [1.807, 2.05) is 0 Å². The van der Waals surface area contributed by atoms with Gasteiger partial charge in [-0.05, 0) is 0 Å². The molecule has 0 spiro atoms. The van der Waals surface area contributed by atoms with Crippen LogP contribution in [-0.2, 0) is 9.47 Å². The number of halogens is 1. The zero-order valence-electron chi connectivity index (χ0n) is 3.43. The molecule has 0 fully saturated rings. The van der Waals surface area contributed by atoms with E-state index in [0.29, 0.717) is 0 Å². The molecule has 0 aromatic rings. The Morgan fingerprint density at radius 2 is 2.00 bits per heavy atom. The van der Waals surface area contributed by atoms with Crippen LogP contribution in [0.15, 0.2) is 24.8 Å². The topological polar surface area (TPSA) is 18.5 Å². The fourth-order valence-electron chi connectivity index (χ4n) is 0.269. The molecule has 0 saturated carbocycles. The lowest BCUT2D eigenvalue weighted by atomic mass is 11.0. The van der Waals surface area contributed by atoms with Crippen molar-refractivity contribution in [3.05, 3.63) is 24.8 Å². The summed E-state index contributed by atoms with van der Waals surface area (Å²) in [6.45, 7) is 0. The van der Waals surface area contributed by atoms with Gasteiger partial charge >= 0.3 is 5.95 Å². The summed E-state index contributed by atoms with van der Waals surface area (Å²) in [5, 5.41) is 0. The van der Waals surface area contributed by atoms with Gasteiger partial charge < -0.3 is 9.47 Å². The first-order chi connectivity index (χ1) is 3.43. The van der Waals surface area contributed by atoms with Gasteiger partial charge in [0.05, 0.1) is 0 Å². The Hall–Kier alpha value is -0.990. The molecule has 1 rings (SSSR count). The van der Waals surface area contributed by atoms with Crippen molar-refractivity contribution in [1.82, 2.24) is 0 Å². The van der Waals surface area contributed by atoms with Crippen LogP contribution in [0, 0.1) is 0 Å². The second-order valence-corrected chi connectivity index (χ2v) is 0.936. The van der Waals surface area contributed by atoms with Crippen molar-refractivity contribution in [3.63, 3.8) is 0 Å². The van der Waals surface area contributed by atoms with E-state index in [2.05, 4.69) is 9.47 Å². The monoisotopic (exact) mass is 102 g/mol. The summed E-state index contributed by atoms with van der Waals surface area (Å²) in [4.78, 5) is 0. The average molecular weight is 102 g/mol. The van der Waals surface area contributed by atoms with Gasteiger partial charge in [-0.25, -0.2) is 4.39 Å². The second-order valence-electron chi connectivity index (χ2n) is 0.936. The van der Waals surface area contributed by atoms with Crippen LogP contribution < -0.4 is 0 Å². The van der Waals surface area contributed by atoms with Gasteiger partial charge in [-0.1, -0.05) is 0 Å². The number of hydrogen-bond donors (Lipinski definition) is 0. The zero-order valence-corrected chi connectivity index (χ0v) is 3.43. The van der Waals surface area contributed by atoms with E-state index in [1.165, 1.54) is 12.5 Å².